The number of aromatic nitrogens is 3. The normalized spacial score (nSPS) is 10.8. The van der Waals surface area contributed by atoms with Crippen LogP contribution in [0.1, 0.15) is 10.4 Å². The van der Waals surface area contributed by atoms with E-state index in [1.165, 1.54) is 0 Å². The van der Waals surface area contributed by atoms with Crippen LogP contribution in [0.4, 0.5) is 5.69 Å². The van der Waals surface area contributed by atoms with Gasteiger partial charge in [0.25, 0.3) is 5.91 Å². The van der Waals surface area contributed by atoms with E-state index in [0.717, 1.165) is 22.2 Å². The summed E-state index contributed by atoms with van der Waals surface area (Å²) < 4.78 is 4.56. The number of para-hydroxylation sites is 1. The van der Waals surface area contributed by atoms with Gasteiger partial charge in [-0.15, -0.1) is 0 Å². The van der Waals surface area contributed by atoms with Crippen molar-refractivity contribution in [1.29, 1.82) is 0 Å². The summed E-state index contributed by atoms with van der Waals surface area (Å²) in [5, 5.41) is 7.38. The molecule has 2 aromatic heterocycles. The molecule has 0 saturated heterocycles. The molecule has 0 spiro atoms. The molecule has 0 saturated carbocycles. The summed E-state index contributed by atoms with van der Waals surface area (Å²) in [5.41, 5.74) is 4.09. The maximum Gasteiger partial charge on any atom is 0.439 e. The Balaban J connectivity index is 1.53. The van der Waals surface area contributed by atoms with E-state index in [1.807, 2.05) is 54.6 Å². The molecule has 5 aromatic rings. The minimum absolute atomic E-state index is 0.262. The number of nitrogens with one attached hydrogen (secondary N) is 2. The van der Waals surface area contributed by atoms with Crippen LogP contribution in [0.5, 0.6) is 0 Å². The molecule has 7 nitrogen and oxygen atoms in total. The molecule has 0 radical (unpaired) electrons. The number of anilines is 1. The van der Waals surface area contributed by atoms with Crippen molar-refractivity contribution in [3.05, 3.63) is 101 Å². The second kappa shape index (κ2) is 7.72. The third-order valence-corrected chi connectivity index (χ3v) is 4.86. The Bertz CT molecular complexity index is 1450. The minimum atomic E-state index is -0.638. The molecule has 2 heterocycles. The first-order valence-electron chi connectivity index (χ1n) is 9.60. The second-order valence-electron chi connectivity index (χ2n) is 6.92. The number of H-pyrrole nitrogens is 1. The molecular formula is C24H16N4O3. The van der Waals surface area contributed by atoms with Crippen molar-refractivity contribution in [2.75, 3.05) is 5.32 Å². The molecule has 0 fully saturated rings. The van der Waals surface area contributed by atoms with Crippen molar-refractivity contribution in [3.8, 4) is 22.6 Å². The van der Waals surface area contributed by atoms with E-state index in [4.69, 9.17) is 4.98 Å². The molecule has 31 heavy (non-hydrogen) atoms. The van der Waals surface area contributed by atoms with Crippen LogP contribution in [0, 0.1) is 0 Å². The van der Waals surface area contributed by atoms with Crippen molar-refractivity contribution in [2.45, 2.75) is 0 Å². The summed E-state index contributed by atoms with van der Waals surface area (Å²) in [5.74, 6) is -0.607. The Kier molecular flexibility index (Phi) is 4.61. The lowest BCUT2D eigenvalue weighted by Crippen LogP contribution is -2.13. The number of hydrogen-bond donors (Lipinski definition) is 2. The topological polar surface area (TPSA) is 101 Å². The fraction of sp³-hybridized carbons (Fsp3) is 0. The summed E-state index contributed by atoms with van der Waals surface area (Å²) in [4.78, 5) is 31.7. The maximum atomic E-state index is 13.2. The fourth-order valence-corrected chi connectivity index (χ4v) is 3.42. The highest BCUT2D eigenvalue weighted by molar-refractivity contribution is 6.13. The van der Waals surface area contributed by atoms with Gasteiger partial charge in [-0.05, 0) is 24.3 Å². The Morgan fingerprint density at radius 1 is 0.871 bits per heavy atom. The van der Waals surface area contributed by atoms with Crippen molar-refractivity contribution in [1.82, 2.24) is 15.1 Å². The van der Waals surface area contributed by atoms with E-state index in [0.29, 0.717) is 22.6 Å². The largest absolute Gasteiger partial charge is 0.439 e. The molecular weight excluding hydrogens is 392 g/mol. The fourth-order valence-electron chi connectivity index (χ4n) is 3.42. The highest BCUT2D eigenvalue weighted by atomic mass is 16.5. The third-order valence-electron chi connectivity index (χ3n) is 4.86. The number of fused-ring (bicyclic) bond motifs is 1. The molecule has 0 aliphatic heterocycles. The highest BCUT2D eigenvalue weighted by Gasteiger charge is 2.15. The van der Waals surface area contributed by atoms with Crippen molar-refractivity contribution >= 4 is 22.5 Å². The van der Waals surface area contributed by atoms with E-state index in [1.54, 1.807) is 30.3 Å². The van der Waals surface area contributed by atoms with Crippen LogP contribution in [-0.4, -0.2) is 21.0 Å². The zero-order valence-corrected chi connectivity index (χ0v) is 16.2. The van der Waals surface area contributed by atoms with Gasteiger partial charge in [-0.2, -0.15) is 0 Å². The maximum absolute atomic E-state index is 13.2. The monoisotopic (exact) mass is 408 g/mol. The molecule has 7 heteroatoms. The molecule has 0 bridgehead atoms. The minimum Gasteiger partial charge on any atom is -0.322 e. The standard InChI is InChI=1S/C24H16N4O3/c29-23(25-17-10-6-9-16(13-17)22-27-24(30)31-28-22)19-14-21(15-7-2-1-3-8-15)26-20-12-5-4-11-18(19)20/h1-14H,(H,25,29)(H,27,28,30). The Hall–Kier alpha value is -4.52. The molecule has 1 amide bonds. The van der Waals surface area contributed by atoms with Gasteiger partial charge in [0.15, 0.2) is 5.82 Å². The lowest BCUT2D eigenvalue weighted by atomic mass is 10.0. The van der Waals surface area contributed by atoms with Gasteiger partial charge in [0.1, 0.15) is 0 Å². The third kappa shape index (κ3) is 3.72. The number of rotatable bonds is 4. The van der Waals surface area contributed by atoms with Gasteiger partial charge < -0.3 is 5.32 Å². The summed E-state index contributed by atoms with van der Waals surface area (Å²) in [7, 11) is 0. The molecule has 5 rings (SSSR count). The van der Waals surface area contributed by atoms with E-state index in [2.05, 4.69) is 20.0 Å². The number of aromatic amines is 1. The number of benzene rings is 3. The van der Waals surface area contributed by atoms with Crippen LogP contribution in [0.25, 0.3) is 33.5 Å². The predicted molar refractivity (Wildman–Crippen MR) is 118 cm³/mol. The van der Waals surface area contributed by atoms with E-state index in [-0.39, 0.29) is 5.91 Å². The van der Waals surface area contributed by atoms with Gasteiger partial charge in [0.05, 0.1) is 16.8 Å². The molecule has 0 aliphatic carbocycles. The van der Waals surface area contributed by atoms with Gasteiger partial charge >= 0.3 is 5.76 Å². The van der Waals surface area contributed by atoms with Crippen molar-refractivity contribution < 1.29 is 9.32 Å². The average Bonchev–Trinajstić information content (AvgIpc) is 3.25. The zero-order chi connectivity index (χ0) is 21.2. The quantitative estimate of drug-likeness (QED) is 0.456. The Morgan fingerprint density at radius 2 is 1.65 bits per heavy atom. The summed E-state index contributed by atoms with van der Waals surface area (Å²) in [6.45, 7) is 0. The Labute approximate surface area is 176 Å². The van der Waals surface area contributed by atoms with Crippen LogP contribution >= 0.6 is 0 Å². The second-order valence-corrected chi connectivity index (χ2v) is 6.92. The Morgan fingerprint density at radius 3 is 2.45 bits per heavy atom. The van der Waals surface area contributed by atoms with E-state index < -0.39 is 5.76 Å². The lowest BCUT2D eigenvalue weighted by molar-refractivity contribution is 0.102. The van der Waals surface area contributed by atoms with Gasteiger partial charge in [-0.1, -0.05) is 65.8 Å². The summed E-state index contributed by atoms with van der Waals surface area (Å²) in [6, 6.07) is 26.1. The van der Waals surface area contributed by atoms with Crippen LogP contribution in [0.2, 0.25) is 0 Å². The van der Waals surface area contributed by atoms with E-state index >= 15 is 0 Å². The SMILES string of the molecule is O=C(Nc1cccc(-c2noc(=O)[nH]2)c1)c1cc(-c2ccccc2)nc2ccccc12. The average molecular weight is 408 g/mol. The van der Waals surface area contributed by atoms with Crippen LogP contribution in [-0.2, 0) is 0 Å². The number of carbonyl (C=O) groups excluding carboxylic acids is 1. The van der Waals surface area contributed by atoms with Crippen LogP contribution in [0.15, 0.2) is 94.2 Å². The van der Waals surface area contributed by atoms with E-state index in [9.17, 15) is 9.59 Å². The molecule has 0 atom stereocenters. The number of nitrogens with zero attached hydrogens (tertiary/aromatic N) is 2. The molecule has 0 unspecified atom stereocenters. The summed E-state index contributed by atoms with van der Waals surface area (Å²) in [6.07, 6.45) is 0. The van der Waals surface area contributed by atoms with Crippen LogP contribution < -0.4 is 11.1 Å². The number of carbonyl (C=O) groups is 1. The highest BCUT2D eigenvalue weighted by Crippen LogP contribution is 2.26. The van der Waals surface area contributed by atoms with Crippen molar-refractivity contribution in [2.24, 2.45) is 0 Å². The van der Waals surface area contributed by atoms with Gasteiger partial charge in [0, 0.05) is 22.2 Å². The van der Waals surface area contributed by atoms with Gasteiger partial charge in [-0.25, -0.2) is 9.78 Å². The lowest BCUT2D eigenvalue weighted by Gasteiger charge is -2.11. The molecule has 150 valence electrons. The van der Waals surface area contributed by atoms with Crippen molar-refractivity contribution in [3.63, 3.8) is 0 Å². The van der Waals surface area contributed by atoms with Crippen LogP contribution in [0.3, 0.4) is 0 Å². The first-order valence-corrected chi connectivity index (χ1v) is 9.60. The first kappa shape index (κ1) is 18.5. The van der Waals surface area contributed by atoms with Gasteiger partial charge in [-0.3, -0.25) is 14.3 Å². The summed E-state index contributed by atoms with van der Waals surface area (Å²) >= 11 is 0. The number of amides is 1. The molecule has 2 N–H and O–H groups in total. The number of pyridine rings is 1. The molecule has 3 aromatic carbocycles. The number of hydrogen-bond acceptors (Lipinski definition) is 5. The zero-order valence-electron chi connectivity index (χ0n) is 16.2. The first-order chi connectivity index (χ1) is 15.2. The molecule has 0 aliphatic rings. The van der Waals surface area contributed by atoms with Gasteiger partial charge in [0.2, 0.25) is 0 Å². The predicted octanol–water partition coefficient (Wildman–Crippen LogP) is 4.50. The smallest absolute Gasteiger partial charge is 0.322 e.